The predicted molar refractivity (Wildman–Crippen MR) is 77.0 cm³/mol. The first-order valence-corrected chi connectivity index (χ1v) is 6.72. The van der Waals surface area contributed by atoms with Crippen LogP contribution in [0.15, 0.2) is 41.1 Å². The van der Waals surface area contributed by atoms with E-state index in [2.05, 4.69) is 26.2 Å². The van der Waals surface area contributed by atoms with Gasteiger partial charge in [-0.3, -0.25) is 4.79 Å². The minimum absolute atomic E-state index is 0.00604. The number of nitrogens with one attached hydrogen (secondary N) is 2. The maximum Gasteiger partial charge on any atom is 0.258 e. The first-order valence-electron chi connectivity index (χ1n) is 5.92. The lowest BCUT2D eigenvalue weighted by atomic mass is 10.2. The molecule has 100 valence electrons. The van der Waals surface area contributed by atoms with E-state index in [4.69, 9.17) is 4.74 Å². The molecule has 2 N–H and O–H groups in total. The van der Waals surface area contributed by atoms with E-state index in [0.717, 1.165) is 15.6 Å². The lowest BCUT2D eigenvalue weighted by molar-refractivity contribution is -0.123. The summed E-state index contributed by atoms with van der Waals surface area (Å²) in [4.78, 5) is 14.6. The molecule has 1 amide bonds. The number of hydrogen-bond acceptors (Lipinski definition) is 2. The van der Waals surface area contributed by atoms with Gasteiger partial charge in [-0.2, -0.15) is 0 Å². The largest absolute Gasteiger partial charge is 0.483 e. The van der Waals surface area contributed by atoms with Crippen LogP contribution < -0.4 is 10.1 Å². The minimum Gasteiger partial charge on any atom is -0.483 e. The summed E-state index contributed by atoms with van der Waals surface area (Å²) in [7, 11) is 0. The van der Waals surface area contributed by atoms with Gasteiger partial charge in [0.15, 0.2) is 6.61 Å². The summed E-state index contributed by atoms with van der Waals surface area (Å²) < 4.78 is 6.31. The van der Waals surface area contributed by atoms with Crippen LogP contribution in [0.1, 0.15) is 11.1 Å². The van der Waals surface area contributed by atoms with Crippen molar-refractivity contribution in [2.75, 3.05) is 6.61 Å². The second-order valence-corrected chi connectivity index (χ2v) is 5.07. The fourth-order valence-electron chi connectivity index (χ4n) is 1.59. The van der Waals surface area contributed by atoms with Gasteiger partial charge in [0.05, 0.1) is 4.47 Å². The third-order valence-electron chi connectivity index (χ3n) is 2.60. The van der Waals surface area contributed by atoms with Crippen LogP contribution in [-0.2, 0) is 11.3 Å². The van der Waals surface area contributed by atoms with E-state index in [1.54, 1.807) is 0 Å². The quantitative estimate of drug-likeness (QED) is 0.889. The molecule has 1 heterocycles. The average molecular weight is 323 g/mol. The van der Waals surface area contributed by atoms with E-state index in [9.17, 15) is 4.79 Å². The number of hydrogen-bond donors (Lipinski definition) is 2. The Kier molecular flexibility index (Phi) is 4.63. The summed E-state index contributed by atoms with van der Waals surface area (Å²) in [6.07, 6.45) is 3.67. The van der Waals surface area contributed by atoms with Crippen LogP contribution in [0, 0.1) is 6.92 Å². The van der Waals surface area contributed by atoms with Crippen molar-refractivity contribution < 1.29 is 9.53 Å². The molecule has 0 fully saturated rings. The zero-order valence-corrected chi connectivity index (χ0v) is 12.2. The van der Waals surface area contributed by atoms with E-state index in [-0.39, 0.29) is 12.5 Å². The molecule has 0 saturated heterocycles. The summed E-state index contributed by atoms with van der Waals surface area (Å²) in [6, 6.07) is 7.65. The van der Waals surface area contributed by atoms with Crippen molar-refractivity contribution in [2.45, 2.75) is 13.5 Å². The number of halogens is 1. The van der Waals surface area contributed by atoms with Gasteiger partial charge in [0, 0.05) is 18.9 Å². The van der Waals surface area contributed by atoms with Crippen molar-refractivity contribution >= 4 is 21.8 Å². The van der Waals surface area contributed by atoms with E-state index in [1.165, 1.54) is 0 Å². The fourth-order valence-corrected chi connectivity index (χ4v) is 2.19. The Balaban J connectivity index is 1.80. The number of aromatic nitrogens is 1. The van der Waals surface area contributed by atoms with E-state index >= 15 is 0 Å². The summed E-state index contributed by atoms with van der Waals surface area (Å²) in [5.41, 5.74) is 2.17. The molecule has 0 radical (unpaired) electrons. The highest BCUT2D eigenvalue weighted by Gasteiger charge is 2.05. The van der Waals surface area contributed by atoms with Gasteiger partial charge in [0.25, 0.3) is 5.91 Å². The van der Waals surface area contributed by atoms with Crippen LogP contribution in [0.3, 0.4) is 0 Å². The van der Waals surface area contributed by atoms with Crippen molar-refractivity contribution in [2.24, 2.45) is 0 Å². The Morgan fingerprint density at radius 3 is 2.95 bits per heavy atom. The van der Waals surface area contributed by atoms with Gasteiger partial charge in [-0.15, -0.1) is 0 Å². The zero-order chi connectivity index (χ0) is 13.7. The number of aromatic amines is 1. The van der Waals surface area contributed by atoms with Gasteiger partial charge in [-0.05, 0) is 52.2 Å². The third-order valence-corrected chi connectivity index (χ3v) is 3.22. The van der Waals surface area contributed by atoms with Gasteiger partial charge in [-0.25, -0.2) is 0 Å². The highest BCUT2D eigenvalue weighted by atomic mass is 79.9. The van der Waals surface area contributed by atoms with Crippen molar-refractivity contribution in [3.8, 4) is 5.75 Å². The Morgan fingerprint density at radius 1 is 1.42 bits per heavy atom. The van der Waals surface area contributed by atoms with Gasteiger partial charge in [-0.1, -0.05) is 6.07 Å². The van der Waals surface area contributed by atoms with Crippen LogP contribution in [0.2, 0.25) is 0 Å². The van der Waals surface area contributed by atoms with Crippen LogP contribution >= 0.6 is 15.9 Å². The number of carbonyl (C=O) groups is 1. The molecule has 0 spiro atoms. The van der Waals surface area contributed by atoms with Crippen LogP contribution in [0.5, 0.6) is 5.75 Å². The number of H-pyrrole nitrogens is 1. The number of ether oxygens (including phenoxy) is 1. The molecule has 0 aliphatic rings. The van der Waals surface area contributed by atoms with Crippen LogP contribution in [-0.4, -0.2) is 17.5 Å². The maximum absolute atomic E-state index is 11.6. The molecular formula is C14H15BrN2O2. The normalized spacial score (nSPS) is 10.2. The van der Waals surface area contributed by atoms with E-state index in [1.807, 2.05) is 43.6 Å². The van der Waals surface area contributed by atoms with Gasteiger partial charge in [0.2, 0.25) is 0 Å². The Morgan fingerprint density at radius 2 is 2.26 bits per heavy atom. The van der Waals surface area contributed by atoms with Crippen LogP contribution in [0.25, 0.3) is 0 Å². The van der Waals surface area contributed by atoms with Gasteiger partial charge in [0.1, 0.15) is 5.75 Å². The van der Waals surface area contributed by atoms with Crippen molar-refractivity contribution in [1.29, 1.82) is 0 Å². The molecule has 0 saturated carbocycles. The van der Waals surface area contributed by atoms with Crippen LogP contribution in [0.4, 0.5) is 0 Å². The molecular weight excluding hydrogens is 308 g/mol. The molecule has 5 heteroatoms. The average Bonchev–Trinajstić information content (AvgIpc) is 2.88. The number of rotatable bonds is 5. The smallest absolute Gasteiger partial charge is 0.258 e. The Bertz CT molecular complexity index is 553. The minimum atomic E-state index is -0.145. The fraction of sp³-hybridized carbons (Fsp3) is 0.214. The number of carbonyl (C=O) groups excluding carboxylic acids is 1. The van der Waals surface area contributed by atoms with Gasteiger partial charge < -0.3 is 15.0 Å². The molecule has 0 unspecified atom stereocenters. The van der Waals surface area contributed by atoms with Crippen molar-refractivity contribution in [3.63, 3.8) is 0 Å². The van der Waals surface area contributed by atoms with Gasteiger partial charge >= 0.3 is 0 Å². The zero-order valence-electron chi connectivity index (χ0n) is 10.6. The highest BCUT2D eigenvalue weighted by Crippen LogP contribution is 2.25. The molecule has 1 aromatic heterocycles. The topological polar surface area (TPSA) is 54.1 Å². The second-order valence-electron chi connectivity index (χ2n) is 4.22. The Hall–Kier alpha value is -1.75. The summed E-state index contributed by atoms with van der Waals surface area (Å²) >= 11 is 3.41. The number of amides is 1. The molecule has 0 atom stereocenters. The SMILES string of the molecule is Cc1ccc(OCC(=O)NCc2cc[nH]c2)c(Br)c1. The maximum atomic E-state index is 11.6. The lowest BCUT2D eigenvalue weighted by Gasteiger charge is -2.09. The predicted octanol–water partition coefficient (Wildman–Crippen LogP) is 2.78. The summed E-state index contributed by atoms with van der Waals surface area (Å²) in [5, 5.41) is 2.79. The first-order chi connectivity index (χ1) is 9.15. The summed E-state index contributed by atoms with van der Waals surface area (Å²) in [5.74, 6) is 0.524. The molecule has 2 aromatic rings. The third kappa shape index (κ3) is 4.13. The molecule has 19 heavy (non-hydrogen) atoms. The Labute approximate surface area is 120 Å². The molecule has 4 nitrogen and oxygen atoms in total. The molecule has 0 bridgehead atoms. The first kappa shape index (κ1) is 13.7. The molecule has 0 aliphatic heterocycles. The molecule has 0 aliphatic carbocycles. The molecule has 1 aromatic carbocycles. The standard InChI is InChI=1S/C14H15BrN2O2/c1-10-2-3-13(12(15)6-10)19-9-14(18)17-8-11-4-5-16-7-11/h2-7,16H,8-9H2,1H3,(H,17,18). The number of aryl methyl sites for hydroxylation is 1. The number of benzene rings is 1. The molecule has 2 rings (SSSR count). The monoisotopic (exact) mass is 322 g/mol. The summed E-state index contributed by atoms with van der Waals surface area (Å²) in [6.45, 7) is 2.50. The van der Waals surface area contributed by atoms with E-state index in [0.29, 0.717) is 12.3 Å². The highest BCUT2D eigenvalue weighted by molar-refractivity contribution is 9.10. The van der Waals surface area contributed by atoms with Crippen molar-refractivity contribution in [3.05, 3.63) is 52.3 Å². The van der Waals surface area contributed by atoms with E-state index < -0.39 is 0 Å². The lowest BCUT2D eigenvalue weighted by Crippen LogP contribution is -2.28. The second kappa shape index (κ2) is 6.43. The van der Waals surface area contributed by atoms with Crippen molar-refractivity contribution in [1.82, 2.24) is 10.3 Å².